The number of halogens is 1. The van der Waals surface area contributed by atoms with Gasteiger partial charge in [0.25, 0.3) is 5.91 Å². The lowest BCUT2D eigenvalue weighted by Gasteiger charge is -2.12. The van der Waals surface area contributed by atoms with Crippen molar-refractivity contribution in [2.75, 3.05) is 19.5 Å². The molecule has 1 N–H and O–H groups in total. The number of methoxy groups -OCH3 is 2. The molecule has 0 fully saturated rings. The lowest BCUT2D eigenvalue weighted by Crippen LogP contribution is -2.19. The summed E-state index contributed by atoms with van der Waals surface area (Å²) in [4.78, 5) is 26.8. The number of rotatable bonds is 6. The van der Waals surface area contributed by atoms with Crippen molar-refractivity contribution < 1.29 is 23.5 Å². The lowest BCUT2D eigenvalue weighted by atomic mass is 10.00. The van der Waals surface area contributed by atoms with Crippen LogP contribution in [0.15, 0.2) is 42.6 Å². The number of carbonyl (C=O) groups is 2. The summed E-state index contributed by atoms with van der Waals surface area (Å²) in [6.07, 6.45) is 1.98. The van der Waals surface area contributed by atoms with Crippen LogP contribution in [0.25, 0.3) is 10.9 Å². The van der Waals surface area contributed by atoms with Crippen molar-refractivity contribution in [3.8, 4) is 11.5 Å². The van der Waals surface area contributed by atoms with Crippen LogP contribution < -0.4 is 14.8 Å². The van der Waals surface area contributed by atoms with Gasteiger partial charge in [-0.3, -0.25) is 14.6 Å². The topological polar surface area (TPSA) is 77.5 Å². The highest BCUT2D eigenvalue weighted by Gasteiger charge is 2.13. The summed E-state index contributed by atoms with van der Waals surface area (Å²) in [6.45, 7) is 1.15. The molecule has 1 heterocycles. The summed E-state index contributed by atoms with van der Waals surface area (Å²) in [6, 6.07) is 9.75. The summed E-state index contributed by atoms with van der Waals surface area (Å²) >= 11 is 0. The number of nitrogens with zero attached hydrogens (tertiary/aromatic N) is 1. The Kier molecular flexibility index (Phi) is 5.54. The summed E-state index contributed by atoms with van der Waals surface area (Å²) in [5.41, 5.74) is 2.25. The molecule has 2 aromatic carbocycles. The number of carbonyl (C=O) groups excluding carboxylic acids is 2. The van der Waals surface area contributed by atoms with Gasteiger partial charge in [0, 0.05) is 36.7 Å². The summed E-state index contributed by atoms with van der Waals surface area (Å²) < 4.78 is 25.2. The molecule has 0 radical (unpaired) electrons. The number of nitrogens with one attached hydrogen (secondary N) is 1. The second kappa shape index (κ2) is 8.04. The van der Waals surface area contributed by atoms with E-state index in [9.17, 15) is 14.0 Å². The second-order valence-electron chi connectivity index (χ2n) is 6.19. The van der Waals surface area contributed by atoms with E-state index in [0.717, 1.165) is 17.9 Å². The van der Waals surface area contributed by atoms with Crippen LogP contribution in [0.5, 0.6) is 11.5 Å². The van der Waals surface area contributed by atoms with Crippen molar-refractivity contribution in [3.63, 3.8) is 0 Å². The van der Waals surface area contributed by atoms with E-state index in [0.29, 0.717) is 29.0 Å². The molecule has 1 aromatic heterocycles. The van der Waals surface area contributed by atoms with E-state index in [-0.39, 0.29) is 5.69 Å². The first kappa shape index (κ1) is 19.3. The van der Waals surface area contributed by atoms with Gasteiger partial charge in [-0.1, -0.05) is 6.07 Å². The molecule has 144 valence electrons. The third kappa shape index (κ3) is 3.93. The van der Waals surface area contributed by atoms with Gasteiger partial charge in [0.05, 0.1) is 19.7 Å². The Morgan fingerprint density at radius 1 is 1.04 bits per heavy atom. The third-order valence-corrected chi connectivity index (χ3v) is 4.35. The molecule has 0 saturated heterocycles. The Labute approximate surface area is 161 Å². The fourth-order valence-electron chi connectivity index (χ4n) is 2.88. The number of pyridine rings is 1. The molecule has 0 spiro atoms. The highest BCUT2D eigenvalue weighted by Crippen LogP contribution is 2.33. The van der Waals surface area contributed by atoms with Crippen LogP contribution in [0.3, 0.4) is 0 Å². The molecule has 0 bridgehead atoms. The molecule has 28 heavy (non-hydrogen) atoms. The van der Waals surface area contributed by atoms with Gasteiger partial charge in [-0.15, -0.1) is 0 Å². The number of ketones is 1. The standard InChI is InChI=1S/C21H19FN2O4/c1-12(25)21(26)24-15-5-4-14(17(22)9-15)8-13-6-7-23-18-11-20(28-3)19(27-2)10-16(13)18/h4-7,9-11H,8H2,1-3H3,(H,24,26). The van der Waals surface area contributed by atoms with E-state index in [4.69, 9.17) is 9.47 Å². The van der Waals surface area contributed by atoms with Crippen LogP contribution in [-0.2, 0) is 16.0 Å². The number of ether oxygens (including phenoxy) is 2. The SMILES string of the molecule is COc1cc2nccc(Cc3ccc(NC(=O)C(C)=O)cc3F)c2cc1OC. The number of anilines is 1. The normalized spacial score (nSPS) is 10.6. The van der Waals surface area contributed by atoms with Crippen molar-refractivity contribution in [2.24, 2.45) is 0 Å². The fourth-order valence-corrected chi connectivity index (χ4v) is 2.88. The number of hydrogen-bond donors (Lipinski definition) is 1. The molecular formula is C21H19FN2O4. The smallest absolute Gasteiger partial charge is 0.291 e. The molecule has 3 aromatic rings. The average Bonchev–Trinajstić information content (AvgIpc) is 2.69. The molecule has 0 saturated carbocycles. The second-order valence-corrected chi connectivity index (χ2v) is 6.19. The highest BCUT2D eigenvalue weighted by atomic mass is 19.1. The Balaban J connectivity index is 1.94. The summed E-state index contributed by atoms with van der Waals surface area (Å²) in [5, 5.41) is 3.19. The molecule has 0 atom stereocenters. The Morgan fingerprint density at radius 2 is 1.75 bits per heavy atom. The maximum absolute atomic E-state index is 14.6. The Morgan fingerprint density at radius 3 is 2.39 bits per heavy atom. The number of aromatic nitrogens is 1. The quantitative estimate of drug-likeness (QED) is 0.660. The van der Waals surface area contributed by atoms with E-state index in [2.05, 4.69) is 10.3 Å². The van der Waals surface area contributed by atoms with Gasteiger partial charge in [-0.2, -0.15) is 0 Å². The number of amides is 1. The zero-order valence-electron chi connectivity index (χ0n) is 15.7. The number of hydrogen-bond acceptors (Lipinski definition) is 5. The maximum Gasteiger partial charge on any atom is 0.291 e. The van der Waals surface area contributed by atoms with E-state index >= 15 is 0 Å². The van der Waals surface area contributed by atoms with Gasteiger partial charge >= 0.3 is 0 Å². The average molecular weight is 382 g/mol. The van der Waals surface area contributed by atoms with Crippen LogP contribution in [0, 0.1) is 5.82 Å². The molecule has 0 aliphatic heterocycles. The van der Waals surface area contributed by atoms with Gasteiger partial charge in [-0.25, -0.2) is 4.39 Å². The number of benzene rings is 2. The van der Waals surface area contributed by atoms with Crippen molar-refractivity contribution in [3.05, 3.63) is 59.5 Å². The fraction of sp³-hybridized carbons (Fsp3) is 0.190. The molecule has 7 heteroatoms. The minimum Gasteiger partial charge on any atom is -0.493 e. The van der Waals surface area contributed by atoms with Crippen molar-refractivity contribution in [1.82, 2.24) is 4.98 Å². The predicted molar refractivity (Wildman–Crippen MR) is 103 cm³/mol. The first-order chi connectivity index (χ1) is 13.4. The maximum atomic E-state index is 14.6. The van der Waals surface area contributed by atoms with Gasteiger partial charge in [0.15, 0.2) is 11.5 Å². The van der Waals surface area contributed by atoms with E-state index < -0.39 is 17.5 Å². The van der Waals surface area contributed by atoms with Crippen LogP contribution >= 0.6 is 0 Å². The minimum absolute atomic E-state index is 0.229. The van der Waals surface area contributed by atoms with Crippen LogP contribution in [0.4, 0.5) is 10.1 Å². The van der Waals surface area contributed by atoms with Crippen molar-refractivity contribution in [1.29, 1.82) is 0 Å². The van der Waals surface area contributed by atoms with E-state index in [1.807, 2.05) is 12.1 Å². The molecule has 0 aliphatic rings. The highest BCUT2D eigenvalue weighted by molar-refractivity contribution is 6.39. The third-order valence-electron chi connectivity index (χ3n) is 4.35. The monoisotopic (exact) mass is 382 g/mol. The molecular weight excluding hydrogens is 363 g/mol. The first-order valence-corrected chi connectivity index (χ1v) is 8.53. The zero-order chi connectivity index (χ0) is 20.3. The minimum atomic E-state index is -0.784. The Bertz CT molecular complexity index is 1070. The molecule has 0 unspecified atom stereocenters. The van der Waals surface area contributed by atoms with Crippen molar-refractivity contribution in [2.45, 2.75) is 13.3 Å². The lowest BCUT2D eigenvalue weighted by molar-refractivity contribution is -0.133. The van der Waals surface area contributed by atoms with E-state index in [1.54, 1.807) is 38.6 Å². The predicted octanol–water partition coefficient (Wildman–Crippen LogP) is 3.51. The van der Waals surface area contributed by atoms with E-state index in [1.165, 1.54) is 6.07 Å². The molecule has 1 amide bonds. The molecule has 0 aliphatic carbocycles. The molecule has 3 rings (SSSR count). The summed E-state index contributed by atoms with van der Waals surface area (Å²) in [7, 11) is 3.10. The van der Waals surface area contributed by atoms with Crippen LogP contribution in [0.1, 0.15) is 18.1 Å². The number of Topliss-reactive ketones (excluding diaryl/α,β-unsaturated/α-hetero) is 1. The van der Waals surface area contributed by atoms with Crippen LogP contribution in [-0.4, -0.2) is 30.9 Å². The largest absolute Gasteiger partial charge is 0.493 e. The van der Waals surface area contributed by atoms with Crippen LogP contribution in [0.2, 0.25) is 0 Å². The Hall–Kier alpha value is -3.48. The van der Waals surface area contributed by atoms with Crippen molar-refractivity contribution >= 4 is 28.3 Å². The van der Waals surface area contributed by atoms with Gasteiger partial charge < -0.3 is 14.8 Å². The number of fused-ring (bicyclic) bond motifs is 1. The first-order valence-electron chi connectivity index (χ1n) is 8.53. The van der Waals surface area contributed by atoms with Gasteiger partial charge in [0.1, 0.15) is 5.82 Å². The zero-order valence-corrected chi connectivity index (χ0v) is 15.7. The molecule has 6 nitrogen and oxygen atoms in total. The van der Waals surface area contributed by atoms with Gasteiger partial charge in [0.2, 0.25) is 5.78 Å². The van der Waals surface area contributed by atoms with Gasteiger partial charge in [-0.05, 0) is 35.4 Å². The summed E-state index contributed by atoms with van der Waals surface area (Å²) in [5.74, 6) is -0.777.